The highest BCUT2D eigenvalue weighted by Gasteiger charge is 2.69. The highest BCUT2D eigenvalue weighted by Crippen LogP contribution is 2.68. The fraction of sp³-hybridized carbons (Fsp3) is 0.667. The second-order valence-electron chi connectivity index (χ2n) is 6.36. The van der Waals surface area contributed by atoms with Gasteiger partial charge in [0.1, 0.15) is 6.10 Å². The normalized spacial score (nSPS) is 32.6. The van der Waals surface area contributed by atoms with Gasteiger partial charge in [0.05, 0.1) is 6.61 Å². The zero-order chi connectivity index (χ0) is 16.1. The number of hydrogen-bond donors (Lipinski definition) is 1. The van der Waals surface area contributed by atoms with Crippen LogP contribution in [-0.4, -0.2) is 35.3 Å². The number of aromatic amines is 1. The molecule has 2 aliphatic rings. The predicted molar refractivity (Wildman–Crippen MR) is 77.7 cm³/mol. The van der Waals surface area contributed by atoms with Crippen molar-refractivity contribution in [3.05, 3.63) is 32.6 Å². The van der Waals surface area contributed by atoms with Gasteiger partial charge in [0.25, 0.3) is 5.56 Å². The van der Waals surface area contributed by atoms with Gasteiger partial charge in [0.2, 0.25) is 0 Å². The molecule has 0 aliphatic heterocycles. The number of fused-ring (bicyclic) bond motifs is 1. The SMILES string of the molecule is COC[C@@]12C[C@@H]1[C@@H](n1cc(C)c(=O)[nH]c1=O)CC2OC(C)=O. The molecule has 2 aliphatic carbocycles. The van der Waals surface area contributed by atoms with Gasteiger partial charge in [-0.25, -0.2) is 4.79 Å². The first-order valence-corrected chi connectivity index (χ1v) is 7.37. The van der Waals surface area contributed by atoms with Crippen molar-refractivity contribution in [3.63, 3.8) is 0 Å². The monoisotopic (exact) mass is 308 g/mol. The molecular weight excluding hydrogens is 288 g/mol. The van der Waals surface area contributed by atoms with Crippen molar-refractivity contribution in [2.45, 2.75) is 38.8 Å². The third-order valence-electron chi connectivity index (χ3n) is 4.96. The summed E-state index contributed by atoms with van der Waals surface area (Å²) >= 11 is 0. The molecular formula is C15H20N2O5. The van der Waals surface area contributed by atoms with Crippen molar-refractivity contribution < 1.29 is 14.3 Å². The number of esters is 1. The van der Waals surface area contributed by atoms with Gasteiger partial charge in [-0.05, 0) is 19.3 Å². The summed E-state index contributed by atoms with van der Waals surface area (Å²) in [5, 5.41) is 0. The largest absolute Gasteiger partial charge is 0.462 e. The van der Waals surface area contributed by atoms with E-state index in [2.05, 4.69) is 4.98 Å². The van der Waals surface area contributed by atoms with Gasteiger partial charge in [-0.15, -0.1) is 0 Å². The van der Waals surface area contributed by atoms with Gasteiger partial charge in [-0.3, -0.25) is 19.1 Å². The van der Waals surface area contributed by atoms with E-state index in [1.807, 2.05) is 0 Å². The highest BCUT2D eigenvalue weighted by molar-refractivity contribution is 5.66. The zero-order valence-corrected chi connectivity index (χ0v) is 12.9. The van der Waals surface area contributed by atoms with Crippen molar-refractivity contribution in [1.82, 2.24) is 9.55 Å². The second kappa shape index (κ2) is 5.08. The molecule has 2 saturated carbocycles. The number of aryl methyl sites for hydroxylation is 1. The van der Waals surface area contributed by atoms with Gasteiger partial charge >= 0.3 is 11.7 Å². The zero-order valence-electron chi connectivity index (χ0n) is 12.9. The first-order valence-electron chi connectivity index (χ1n) is 7.37. The fourth-order valence-corrected chi connectivity index (χ4v) is 3.89. The lowest BCUT2D eigenvalue weighted by molar-refractivity contribution is -0.150. The van der Waals surface area contributed by atoms with E-state index in [0.29, 0.717) is 18.6 Å². The second-order valence-corrected chi connectivity index (χ2v) is 6.36. The minimum absolute atomic E-state index is 0.0810. The summed E-state index contributed by atoms with van der Waals surface area (Å²) in [7, 11) is 1.62. The van der Waals surface area contributed by atoms with Crippen molar-refractivity contribution in [2.24, 2.45) is 11.3 Å². The van der Waals surface area contributed by atoms with Gasteiger partial charge in [0.15, 0.2) is 0 Å². The van der Waals surface area contributed by atoms with Crippen LogP contribution in [0.5, 0.6) is 0 Å². The van der Waals surface area contributed by atoms with E-state index in [-0.39, 0.29) is 35.0 Å². The molecule has 0 aromatic carbocycles. The molecule has 2 fully saturated rings. The van der Waals surface area contributed by atoms with Crippen LogP contribution in [0.1, 0.15) is 31.4 Å². The van der Waals surface area contributed by atoms with Crippen LogP contribution < -0.4 is 11.2 Å². The number of carbonyl (C=O) groups excluding carboxylic acids is 1. The van der Waals surface area contributed by atoms with Crippen LogP contribution in [-0.2, 0) is 14.3 Å². The molecule has 0 bridgehead atoms. The molecule has 0 saturated heterocycles. The summed E-state index contributed by atoms with van der Waals surface area (Å²) in [4.78, 5) is 37.3. The quantitative estimate of drug-likeness (QED) is 0.812. The average molecular weight is 308 g/mol. The van der Waals surface area contributed by atoms with E-state index in [0.717, 1.165) is 6.42 Å². The maximum Gasteiger partial charge on any atom is 0.328 e. The summed E-state index contributed by atoms with van der Waals surface area (Å²) in [6.07, 6.45) is 2.77. The number of hydrogen-bond acceptors (Lipinski definition) is 5. The first kappa shape index (κ1) is 15.0. The topological polar surface area (TPSA) is 90.4 Å². The Labute approximate surface area is 127 Å². The molecule has 0 spiro atoms. The van der Waals surface area contributed by atoms with Gasteiger partial charge in [0, 0.05) is 43.7 Å². The third kappa shape index (κ3) is 2.20. The lowest BCUT2D eigenvalue weighted by Gasteiger charge is -2.22. The van der Waals surface area contributed by atoms with Crippen LogP contribution in [0, 0.1) is 18.3 Å². The Balaban J connectivity index is 1.95. The molecule has 7 nitrogen and oxygen atoms in total. The molecule has 4 atom stereocenters. The molecule has 1 aromatic heterocycles. The molecule has 1 N–H and O–H groups in total. The first-order chi connectivity index (χ1) is 10.4. The minimum Gasteiger partial charge on any atom is -0.462 e. The van der Waals surface area contributed by atoms with Gasteiger partial charge in [-0.1, -0.05) is 0 Å². The minimum atomic E-state index is -0.415. The Bertz CT molecular complexity index is 721. The smallest absolute Gasteiger partial charge is 0.328 e. The Morgan fingerprint density at radius 1 is 1.50 bits per heavy atom. The van der Waals surface area contributed by atoms with Crippen molar-refractivity contribution in [3.8, 4) is 0 Å². The van der Waals surface area contributed by atoms with Crippen LogP contribution in [0.25, 0.3) is 0 Å². The number of rotatable bonds is 4. The average Bonchev–Trinajstić information content (AvgIpc) is 3.08. The lowest BCUT2D eigenvalue weighted by Crippen LogP contribution is -2.34. The Hall–Kier alpha value is -1.89. The van der Waals surface area contributed by atoms with Gasteiger partial charge < -0.3 is 9.47 Å². The van der Waals surface area contributed by atoms with Crippen LogP contribution in [0.3, 0.4) is 0 Å². The van der Waals surface area contributed by atoms with E-state index in [1.165, 1.54) is 6.92 Å². The van der Waals surface area contributed by atoms with Crippen molar-refractivity contribution >= 4 is 5.97 Å². The number of aromatic nitrogens is 2. The lowest BCUT2D eigenvalue weighted by atomic mass is 10.0. The van der Waals surface area contributed by atoms with Crippen LogP contribution in [0.4, 0.5) is 0 Å². The van der Waals surface area contributed by atoms with Gasteiger partial charge in [-0.2, -0.15) is 0 Å². The fourth-order valence-electron chi connectivity index (χ4n) is 3.89. The number of nitrogens with zero attached hydrogens (tertiary/aromatic N) is 1. The molecule has 120 valence electrons. The molecule has 1 heterocycles. The van der Waals surface area contributed by atoms with Crippen LogP contribution in [0.2, 0.25) is 0 Å². The number of carbonyl (C=O) groups is 1. The van der Waals surface area contributed by atoms with Crippen molar-refractivity contribution in [1.29, 1.82) is 0 Å². The van der Waals surface area contributed by atoms with E-state index in [1.54, 1.807) is 24.8 Å². The van der Waals surface area contributed by atoms with Crippen molar-refractivity contribution in [2.75, 3.05) is 13.7 Å². The number of methoxy groups -OCH3 is 1. The molecule has 3 rings (SSSR count). The molecule has 7 heteroatoms. The maximum atomic E-state index is 12.1. The molecule has 22 heavy (non-hydrogen) atoms. The summed E-state index contributed by atoms with van der Waals surface area (Å²) in [5.41, 5.74) is -0.486. The standard InChI is InChI=1S/C15H20N2O5/c1-8-6-17(14(20)16-13(8)19)11-4-12(22-9(2)18)15(7-21-3)5-10(11)15/h6,10-12H,4-5,7H2,1-3H3,(H,16,19,20)/t10-,11+,12?,15+/m1/s1. The summed E-state index contributed by atoms with van der Waals surface area (Å²) in [6.45, 7) is 3.56. The molecule has 0 radical (unpaired) electrons. The summed E-state index contributed by atoms with van der Waals surface area (Å²) in [5.74, 6) is -0.100. The van der Waals surface area contributed by atoms with E-state index in [4.69, 9.17) is 9.47 Å². The van der Waals surface area contributed by atoms with Crippen LogP contribution in [0.15, 0.2) is 15.8 Å². The maximum absolute atomic E-state index is 12.1. The Kier molecular flexibility index (Phi) is 3.47. The van der Waals surface area contributed by atoms with Crippen LogP contribution >= 0.6 is 0 Å². The number of ether oxygens (including phenoxy) is 2. The van der Waals surface area contributed by atoms with E-state index < -0.39 is 5.69 Å². The predicted octanol–water partition coefficient (Wildman–Crippen LogP) is 0.374. The number of H-pyrrole nitrogens is 1. The summed E-state index contributed by atoms with van der Waals surface area (Å²) in [6, 6.07) is -0.0810. The Morgan fingerprint density at radius 3 is 2.86 bits per heavy atom. The molecule has 1 unspecified atom stereocenters. The molecule has 0 amide bonds. The Morgan fingerprint density at radius 2 is 2.23 bits per heavy atom. The summed E-state index contributed by atoms with van der Waals surface area (Å²) < 4.78 is 12.3. The number of nitrogens with one attached hydrogen (secondary N) is 1. The molecule has 1 aromatic rings. The highest BCUT2D eigenvalue weighted by atomic mass is 16.5. The third-order valence-corrected chi connectivity index (χ3v) is 4.96. The van der Waals surface area contributed by atoms with E-state index in [9.17, 15) is 14.4 Å². The van der Waals surface area contributed by atoms with E-state index >= 15 is 0 Å².